The van der Waals surface area contributed by atoms with Gasteiger partial charge in [-0.15, -0.1) is 5.10 Å². The fraction of sp³-hybridized carbons (Fsp3) is 0.350. The molecule has 6 rings (SSSR count). The van der Waals surface area contributed by atoms with E-state index in [-0.39, 0.29) is 19.2 Å². The number of anilines is 2. The van der Waals surface area contributed by atoms with E-state index in [0.717, 1.165) is 40.4 Å². The van der Waals surface area contributed by atoms with Gasteiger partial charge < -0.3 is 19.7 Å². The molecule has 2 aliphatic rings. The molecule has 3 aromatic heterocycles. The van der Waals surface area contributed by atoms with Crippen molar-refractivity contribution in [1.29, 1.82) is 0 Å². The number of nitrogens with zero attached hydrogens (tertiary/aromatic N) is 6. The van der Waals surface area contributed by atoms with Crippen LogP contribution in [0.5, 0.6) is 11.5 Å². The van der Waals surface area contributed by atoms with Gasteiger partial charge in [0.15, 0.2) is 27.9 Å². The van der Waals surface area contributed by atoms with Gasteiger partial charge in [0.2, 0.25) is 12.7 Å². The van der Waals surface area contributed by atoms with E-state index in [0.29, 0.717) is 28.5 Å². The van der Waals surface area contributed by atoms with Gasteiger partial charge in [0.25, 0.3) is 0 Å². The normalized spacial score (nSPS) is 15.6. The van der Waals surface area contributed by atoms with Crippen LogP contribution in [0.3, 0.4) is 0 Å². The number of benzene rings is 1. The van der Waals surface area contributed by atoms with Gasteiger partial charge in [-0.2, -0.15) is 4.98 Å². The Morgan fingerprint density at radius 3 is 2.88 bits per heavy atom. The molecule has 32 heavy (non-hydrogen) atoms. The highest BCUT2D eigenvalue weighted by Gasteiger charge is 2.20. The molecule has 1 N–H and O–H groups in total. The molecule has 164 valence electrons. The van der Waals surface area contributed by atoms with Crippen molar-refractivity contribution in [1.82, 2.24) is 24.1 Å². The molecular weight excluding hydrogens is 434 g/mol. The summed E-state index contributed by atoms with van der Waals surface area (Å²) in [5.41, 5.74) is 1.14. The minimum atomic E-state index is -0.428. The lowest BCUT2D eigenvalue weighted by Crippen LogP contribution is -2.29. The van der Waals surface area contributed by atoms with E-state index >= 15 is 0 Å². The predicted molar refractivity (Wildman–Crippen MR) is 118 cm³/mol. The summed E-state index contributed by atoms with van der Waals surface area (Å²) in [5, 5.41) is 8.06. The van der Waals surface area contributed by atoms with Crippen molar-refractivity contribution in [2.45, 2.75) is 25.8 Å². The molecule has 11 nitrogen and oxygen atoms in total. The van der Waals surface area contributed by atoms with E-state index in [1.807, 2.05) is 0 Å². The van der Waals surface area contributed by atoms with Gasteiger partial charge >= 0.3 is 5.69 Å². The van der Waals surface area contributed by atoms with Crippen molar-refractivity contribution in [2.75, 3.05) is 30.1 Å². The van der Waals surface area contributed by atoms with Crippen LogP contribution in [0.2, 0.25) is 0 Å². The van der Waals surface area contributed by atoms with Gasteiger partial charge in [-0.1, -0.05) is 11.3 Å². The minimum Gasteiger partial charge on any atom is -0.454 e. The number of ether oxygens (including phenoxy) is 2. The zero-order valence-corrected chi connectivity index (χ0v) is 17.8. The lowest BCUT2D eigenvalue weighted by molar-refractivity contribution is -0.117. The van der Waals surface area contributed by atoms with E-state index in [2.05, 4.69) is 25.3 Å². The Morgan fingerprint density at radius 1 is 1.16 bits per heavy atom. The molecule has 0 aliphatic carbocycles. The van der Waals surface area contributed by atoms with Crippen molar-refractivity contribution in [3.63, 3.8) is 0 Å². The highest BCUT2D eigenvalue weighted by atomic mass is 32.1. The summed E-state index contributed by atoms with van der Waals surface area (Å²) in [5.74, 6) is 0.817. The standard InChI is InChI=1S/C20H19N7O4S/c28-15(22-12-4-5-13-14(8-12)31-11-30-13)9-27-20(29)26-10-21-17-16(18(26)24-27)32-19(23-17)25-6-2-1-3-7-25/h4-5,8,10H,1-3,6-7,9,11H2,(H,22,28). The first kappa shape index (κ1) is 19.0. The van der Waals surface area contributed by atoms with Crippen LogP contribution >= 0.6 is 11.3 Å². The van der Waals surface area contributed by atoms with Gasteiger partial charge in [-0.05, 0) is 31.4 Å². The van der Waals surface area contributed by atoms with Gasteiger partial charge in [-0.3, -0.25) is 4.79 Å². The van der Waals surface area contributed by atoms with E-state index in [1.165, 1.54) is 28.5 Å². The van der Waals surface area contributed by atoms with Gasteiger partial charge in [0.1, 0.15) is 17.6 Å². The maximum atomic E-state index is 12.8. The zero-order chi connectivity index (χ0) is 21.7. The number of nitrogens with one attached hydrogen (secondary N) is 1. The van der Waals surface area contributed by atoms with Crippen molar-refractivity contribution >= 4 is 44.1 Å². The maximum absolute atomic E-state index is 12.8. The third-order valence-corrected chi connectivity index (χ3v) is 6.64. The number of carbonyl (C=O) groups excluding carboxylic acids is 1. The monoisotopic (exact) mass is 453 g/mol. The summed E-state index contributed by atoms with van der Waals surface area (Å²) in [6, 6.07) is 5.12. The summed E-state index contributed by atoms with van der Waals surface area (Å²) < 4.78 is 13.8. The summed E-state index contributed by atoms with van der Waals surface area (Å²) >= 11 is 1.48. The number of piperidine rings is 1. The number of amides is 1. The number of rotatable bonds is 4. The quantitative estimate of drug-likeness (QED) is 0.498. The average Bonchev–Trinajstić information content (AvgIpc) is 3.52. The molecule has 0 unspecified atom stereocenters. The Morgan fingerprint density at radius 2 is 2.00 bits per heavy atom. The van der Waals surface area contributed by atoms with Gasteiger partial charge in [0.05, 0.1) is 0 Å². The molecule has 5 heterocycles. The van der Waals surface area contributed by atoms with Crippen molar-refractivity contribution < 1.29 is 14.3 Å². The molecular formula is C20H19N7O4S. The number of thiazole rings is 1. The first-order valence-corrected chi connectivity index (χ1v) is 11.2. The van der Waals surface area contributed by atoms with Gasteiger partial charge in [0, 0.05) is 24.8 Å². The first-order chi connectivity index (χ1) is 15.7. The van der Waals surface area contributed by atoms with E-state index in [1.54, 1.807) is 18.2 Å². The SMILES string of the molecule is O=C(Cn1nc2c3sc(N4CCCCC4)nc3ncn2c1=O)Nc1ccc2c(c1)OCO2. The van der Waals surface area contributed by atoms with Crippen LogP contribution in [0.15, 0.2) is 29.3 Å². The molecule has 4 aromatic rings. The number of carbonyl (C=O) groups is 1. The van der Waals surface area contributed by atoms with Crippen molar-refractivity contribution in [3.05, 3.63) is 35.0 Å². The summed E-state index contributed by atoms with van der Waals surface area (Å²) in [7, 11) is 0. The number of hydrogen-bond donors (Lipinski definition) is 1. The minimum absolute atomic E-state index is 0.156. The van der Waals surface area contributed by atoms with Crippen LogP contribution in [-0.4, -0.2) is 49.9 Å². The molecule has 1 amide bonds. The molecule has 12 heteroatoms. The molecule has 0 atom stereocenters. The second-order valence-corrected chi connectivity index (χ2v) is 8.67. The second kappa shape index (κ2) is 7.48. The zero-order valence-electron chi connectivity index (χ0n) is 17.0. The number of fused-ring (bicyclic) bond motifs is 4. The van der Waals surface area contributed by atoms with Crippen molar-refractivity contribution in [2.24, 2.45) is 0 Å². The van der Waals surface area contributed by atoms with Crippen LogP contribution in [0.1, 0.15) is 19.3 Å². The number of hydrogen-bond acceptors (Lipinski definition) is 9. The lowest BCUT2D eigenvalue weighted by Gasteiger charge is -2.25. The van der Waals surface area contributed by atoms with Crippen molar-refractivity contribution in [3.8, 4) is 11.5 Å². The average molecular weight is 453 g/mol. The highest BCUT2D eigenvalue weighted by molar-refractivity contribution is 7.22. The molecule has 1 saturated heterocycles. The van der Waals surface area contributed by atoms with Gasteiger partial charge in [-0.25, -0.2) is 18.9 Å². The van der Waals surface area contributed by atoms with Crippen LogP contribution in [0, 0.1) is 0 Å². The molecule has 1 aromatic carbocycles. The third kappa shape index (κ3) is 3.23. The fourth-order valence-electron chi connectivity index (χ4n) is 3.96. The largest absolute Gasteiger partial charge is 0.454 e. The van der Waals surface area contributed by atoms with E-state index in [9.17, 15) is 9.59 Å². The van der Waals surface area contributed by atoms with E-state index in [4.69, 9.17) is 9.47 Å². The fourth-order valence-corrected chi connectivity index (χ4v) is 5.01. The molecule has 0 bridgehead atoms. The van der Waals surface area contributed by atoms with E-state index < -0.39 is 5.69 Å². The summed E-state index contributed by atoms with van der Waals surface area (Å²) in [4.78, 5) is 36.6. The Hall–Kier alpha value is -3.67. The summed E-state index contributed by atoms with van der Waals surface area (Å²) in [6.07, 6.45) is 4.94. The van der Waals surface area contributed by atoms with Crippen LogP contribution in [-0.2, 0) is 11.3 Å². The number of aromatic nitrogens is 5. The van der Waals surface area contributed by atoms with Crippen LogP contribution < -0.4 is 25.4 Å². The Kier molecular flexibility index (Phi) is 4.45. The predicted octanol–water partition coefficient (Wildman–Crippen LogP) is 1.86. The third-order valence-electron chi connectivity index (χ3n) is 5.54. The molecule has 0 spiro atoms. The van der Waals surface area contributed by atoms with Crippen LogP contribution in [0.4, 0.5) is 10.8 Å². The maximum Gasteiger partial charge on any atom is 0.352 e. The second-order valence-electron chi connectivity index (χ2n) is 7.69. The lowest BCUT2D eigenvalue weighted by atomic mass is 10.1. The topological polar surface area (TPSA) is 116 Å². The molecule has 0 saturated carbocycles. The summed E-state index contributed by atoms with van der Waals surface area (Å²) in [6.45, 7) is 1.87. The smallest absolute Gasteiger partial charge is 0.352 e. The van der Waals surface area contributed by atoms with Crippen LogP contribution in [0.25, 0.3) is 16.0 Å². The Labute approximate surface area is 185 Å². The Bertz CT molecular complexity index is 1400. The Balaban J connectivity index is 1.27. The molecule has 2 aliphatic heterocycles. The highest BCUT2D eigenvalue weighted by Crippen LogP contribution is 2.34. The first-order valence-electron chi connectivity index (χ1n) is 10.3. The molecule has 0 radical (unpaired) electrons. The molecule has 1 fully saturated rings.